The predicted molar refractivity (Wildman–Crippen MR) is 146 cm³/mol. The highest BCUT2D eigenvalue weighted by atomic mass is 35.5. The van der Waals surface area contributed by atoms with E-state index >= 15 is 0 Å². The number of rotatable bonds is 6. The van der Waals surface area contributed by atoms with Crippen LogP contribution in [0.1, 0.15) is 39.9 Å². The van der Waals surface area contributed by atoms with Crippen molar-refractivity contribution in [1.82, 2.24) is 29.4 Å². The van der Waals surface area contributed by atoms with Crippen LogP contribution in [-0.4, -0.2) is 43.6 Å². The molecule has 1 atom stereocenters. The Balaban J connectivity index is 1.36. The van der Waals surface area contributed by atoms with Gasteiger partial charge in [0.2, 0.25) is 11.8 Å². The van der Waals surface area contributed by atoms with E-state index in [1.165, 1.54) is 0 Å². The van der Waals surface area contributed by atoms with Crippen molar-refractivity contribution in [3.05, 3.63) is 106 Å². The number of furan rings is 1. The Morgan fingerprint density at radius 2 is 1.80 bits per heavy atom. The van der Waals surface area contributed by atoms with Crippen LogP contribution in [0.15, 0.2) is 71.6 Å². The summed E-state index contributed by atoms with van der Waals surface area (Å²) in [6.45, 7) is 1.95. The van der Waals surface area contributed by atoms with Gasteiger partial charge in [-0.25, -0.2) is 19.2 Å². The van der Waals surface area contributed by atoms with Crippen LogP contribution in [-0.2, 0) is 6.42 Å². The maximum atomic E-state index is 6.44. The van der Waals surface area contributed by atoms with E-state index in [4.69, 9.17) is 45.4 Å². The van der Waals surface area contributed by atoms with Gasteiger partial charge in [-0.15, -0.1) is 5.10 Å². The first-order valence-electron chi connectivity index (χ1n) is 12.6. The zero-order chi connectivity index (χ0) is 27.4. The summed E-state index contributed by atoms with van der Waals surface area (Å²) in [7, 11) is 3.23. The molecule has 0 amide bonds. The lowest BCUT2D eigenvalue weighted by atomic mass is 9.88. The molecule has 1 aliphatic rings. The molecular formula is C29H23ClN6O4. The van der Waals surface area contributed by atoms with E-state index in [2.05, 4.69) is 4.98 Å². The quantitative estimate of drug-likeness (QED) is 0.256. The summed E-state index contributed by atoms with van der Waals surface area (Å²) < 4.78 is 26.7. The Labute approximate surface area is 233 Å². The van der Waals surface area contributed by atoms with Crippen LogP contribution >= 0.6 is 11.6 Å². The normalized spacial score (nSPS) is 14.1. The highest BCUT2D eigenvalue weighted by molar-refractivity contribution is 6.30. The molecule has 0 aliphatic carbocycles. The third kappa shape index (κ3) is 3.87. The average Bonchev–Trinajstić information content (AvgIpc) is 3.72. The molecule has 10 nitrogen and oxygen atoms in total. The molecule has 0 saturated heterocycles. The largest absolute Gasteiger partial charge is 0.493 e. The van der Waals surface area contributed by atoms with E-state index < -0.39 is 0 Å². The number of ether oxygens (including phenoxy) is 3. The SMILES string of the molecule is COc1ccc(Cc2nc3c4c(ncn3n2)Oc2c(c(C)nn2-c2ccc(Cl)cc2)[C@@H]4c2ccco2)cc1OC. The smallest absolute Gasteiger partial charge is 0.230 e. The summed E-state index contributed by atoms with van der Waals surface area (Å²) in [6.07, 6.45) is 3.75. The minimum atomic E-state index is -0.357. The van der Waals surface area contributed by atoms with E-state index in [9.17, 15) is 0 Å². The fourth-order valence-corrected chi connectivity index (χ4v) is 5.29. The van der Waals surface area contributed by atoms with Crippen LogP contribution in [0.4, 0.5) is 0 Å². The average molecular weight is 555 g/mol. The Morgan fingerprint density at radius 3 is 2.55 bits per heavy atom. The van der Waals surface area contributed by atoms with Crippen LogP contribution in [0, 0.1) is 6.92 Å². The number of hydrogen-bond acceptors (Lipinski definition) is 8. The first-order valence-corrected chi connectivity index (χ1v) is 12.9. The van der Waals surface area contributed by atoms with Gasteiger partial charge in [-0.05, 0) is 61.0 Å². The minimum Gasteiger partial charge on any atom is -0.493 e. The van der Waals surface area contributed by atoms with Crippen molar-refractivity contribution in [2.75, 3.05) is 14.2 Å². The molecule has 0 N–H and O–H groups in total. The number of nitrogens with zero attached hydrogens (tertiary/aromatic N) is 6. The molecular weight excluding hydrogens is 532 g/mol. The standard InChI is InChI=1S/C29H23ClN6O4/c1-16-24-25(21-5-4-12-39-21)26-27-32-23(14-17-6-11-20(37-2)22(13-17)38-3)34-35(27)15-31-28(26)40-29(24)36(33-16)19-9-7-18(30)8-10-19/h4-13,15,25H,14H2,1-3H3/t25-/m0/s1. The molecule has 1 aliphatic heterocycles. The van der Waals surface area contributed by atoms with Gasteiger partial charge in [0.1, 0.15) is 12.1 Å². The molecule has 0 spiro atoms. The first kappa shape index (κ1) is 24.2. The molecule has 5 heterocycles. The van der Waals surface area contributed by atoms with Crippen LogP contribution < -0.4 is 14.2 Å². The van der Waals surface area contributed by atoms with Crippen molar-refractivity contribution in [3.63, 3.8) is 0 Å². The maximum absolute atomic E-state index is 6.44. The molecule has 7 rings (SSSR count). The number of aryl methyl sites for hydroxylation is 1. The molecule has 6 aromatic rings. The molecule has 2 aromatic carbocycles. The molecule has 40 heavy (non-hydrogen) atoms. The Morgan fingerprint density at radius 1 is 0.975 bits per heavy atom. The lowest BCUT2D eigenvalue weighted by Crippen LogP contribution is -2.15. The molecule has 0 bridgehead atoms. The second-order valence-corrected chi connectivity index (χ2v) is 9.81. The van der Waals surface area contributed by atoms with Gasteiger partial charge in [0.15, 0.2) is 23.0 Å². The van der Waals surface area contributed by atoms with E-state index in [-0.39, 0.29) is 5.92 Å². The molecule has 200 valence electrons. The van der Waals surface area contributed by atoms with Crippen LogP contribution in [0.3, 0.4) is 0 Å². The lowest BCUT2D eigenvalue weighted by Gasteiger charge is -2.24. The first-order chi connectivity index (χ1) is 19.5. The fourth-order valence-electron chi connectivity index (χ4n) is 5.17. The van der Waals surface area contributed by atoms with Crippen molar-refractivity contribution in [3.8, 4) is 28.9 Å². The third-order valence-electron chi connectivity index (χ3n) is 6.97. The topological polar surface area (TPSA) is 102 Å². The van der Waals surface area contributed by atoms with E-state index in [0.29, 0.717) is 46.2 Å². The summed E-state index contributed by atoms with van der Waals surface area (Å²) in [5.41, 5.74) is 4.86. The number of benzene rings is 2. The van der Waals surface area contributed by atoms with Gasteiger partial charge >= 0.3 is 0 Å². The Kier molecular flexibility index (Phi) is 5.71. The van der Waals surface area contributed by atoms with Gasteiger partial charge in [-0.2, -0.15) is 5.10 Å². The zero-order valence-electron chi connectivity index (χ0n) is 21.8. The molecule has 0 fully saturated rings. The summed E-state index contributed by atoms with van der Waals surface area (Å²) in [4.78, 5) is 9.57. The number of hydrogen-bond donors (Lipinski definition) is 0. The lowest BCUT2D eigenvalue weighted by molar-refractivity contribution is 0.354. The predicted octanol–water partition coefficient (Wildman–Crippen LogP) is 5.76. The number of fused-ring (bicyclic) bond motifs is 4. The Hall–Kier alpha value is -4.83. The molecule has 0 saturated carbocycles. The highest BCUT2D eigenvalue weighted by Crippen LogP contribution is 2.49. The van der Waals surface area contributed by atoms with E-state index in [0.717, 1.165) is 33.8 Å². The second kappa shape index (κ2) is 9.42. The number of aromatic nitrogens is 6. The number of methoxy groups -OCH3 is 2. The van der Waals surface area contributed by atoms with Crippen molar-refractivity contribution in [2.24, 2.45) is 0 Å². The van der Waals surface area contributed by atoms with E-state index in [1.807, 2.05) is 61.5 Å². The maximum Gasteiger partial charge on any atom is 0.230 e. The zero-order valence-corrected chi connectivity index (χ0v) is 22.6. The van der Waals surface area contributed by atoms with Gasteiger partial charge in [0, 0.05) is 11.4 Å². The summed E-state index contributed by atoms with van der Waals surface area (Å²) in [6, 6.07) is 17.0. The van der Waals surface area contributed by atoms with Crippen molar-refractivity contribution < 1.29 is 18.6 Å². The van der Waals surface area contributed by atoms with Gasteiger partial charge in [0.05, 0.1) is 48.9 Å². The molecule has 0 radical (unpaired) electrons. The van der Waals surface area contributed by atoms with E-state index in [1.54, 1.807) is 36.0 Å². The van der Waals surface area contributed by atoms with Crippen molar-refractivity contribution in [2.45, 2.75) is 19.3 Å². The van der Waals surface area contributed by atoms with Crippen LogP contribution in [0.5, 0.6) is 23.3 Å². The molecule has 11 heteroatoms. The highest BCUT2D eigenvalue weighted by Gasteiger charge is 2.39. The number of halogens is 1. The van der Waals surface area contributed by atoms with Gasteiger partial charge in [0.25, 0.3) is 0 Å². The monoisotopic (exact) mass is 554 g/mol. The Bertz CT molecular complexity index is 1860. The third-order valence-corrected chi connectivity index (χ3v) is 7.23. The fraction of sp³-hybridized carbons (Fsp3) is 0.172. The van der Waals surface area contributed by atoms with Crippen LogP contribution in [0.25, 0.3) is 11.3 Å². The van der Waals surface area contributed by atoms with Gasteiger partial charge in [-0.1, -0.05) is 17.7 Å². The summed E-state index contributed by atoms with van der Waals surface area (Å²) >= 11 is 6.13. The molecule has 0 unspecified atom stereocenters. The minimum absolute atomic E-state index is 0.357. The van der Waals surface area contributed by atoms with Crippen molar-refractivity contribution in [1.29, 1.82) is 0 Å². The van der Waals surface area contributed by atoms with Crippen molar-refractivity contribution >= 4 is 17.2 Å². The summed E-state index contributed by atoms with van der Waals surface area (Å²) in [5.74, 6) is 3.29. The summed E-state index contributed by atoms with van der Waals surface area (Å²) in [5, 5.41) is 10.2. The second-order valence-electron chi connectivity index (χ2n) is 9.37. The molecule has 4 aromatic heterocycles. The van der Waals surface area contributed by atoms with Gasteiger partial charge < -0.3 is 18.6 Å². The van der Waals surface area contributed by atoms with Gasteiger partial charge in [-0.3, -0.25) is 0 Å². The van der Waals surface area contributed by atoms with Crippen LogP contribution in [0.2, 0.25) is 5.02 Å².